The summed E-state index contributed by atoms with van der Waals surface area (Å²) < 4.78 is 7.07. The van der Waals surface area contributed by atoms with Gasteiger partial charge in [-0.15, -0.1) is 0 Å². The molecule has 34 heavy (non-hydrogen) atoms. The number of carbonyl (C=O) groups is 1. The molecule has 5 rings (SSSR count). The Morgan fingerprint density at radius 2 is 1.76 bits per heavy atom. The van der Waals surface area contributed by atoms with Crippen molar-refractivity contribution in [2.75, 3.05) is 5.32 Å². The van der Waals surface area contributed by atoms with Gasteiger partial charge in [0.2, 0.25) is 5.89 Å². The number of fused-ring (bicyclic) bond motifs is 2. The van der Waals surface area contributed by atoms with Gasteiger partial charge in [-0.05, 0) is 78.8 Å². The van der Waals surface area contributed by atoms with Gasteiger partial charge in [0.1, 0.15) is 5.52 Å². The molecule has 5 aromatic rings. The standard InChI is InChI=1S/C27H20BrN3O2S/c1-15-9-11-18(16(2)13-15)25(32)31-27(34)29-17-10-12-24-23(14-17)30-26(33-24)21-7-3-6-20-19(21)5-4-8-22(20)28/h3-14H,1-2H3,(H2,29,31,32,34). The zero-order chi connectivity index (χ0) is 23.8. The maximum absolute atomic E-state index is 12.6. The third kappa shape index (κ3) is 4.32. The average Bonchev–Trinajstić information content (AvgIpc) is 3.22. The van der Waals surface area contributed by atoms with Crippen LogP contribution in [0, 0.1) is 13.8 Å². The van der Waals surface area contributed by atoms with E-state index in [0.717, 1.165) is 31.9 Å². The first kappa shape index (κ1) is 22.3. The molecule has 0 bridgehead atoms. The molecular weight excluding hydrogens is 510 g/mol. The molecule has 7 heteroatoms. The minimum atomic E-state index is -0.248. The number of aryl methyl sites for hydroxylation is 2. The predicted octanol–water partition coefficient (Wildman–Crippen LogP) is 7.15. The monoisotopic (exact) mass is 529 g/mol. The van der Waals surface area contributed by atoms with Gasteiger partial charge in [-0.3, -0.25) is 10.1 Å². The van der Waals surface area contributed by atoms with Crippen LogP contribution in [-0.4, -0.2) is 16.0 Å². The predicted molar refractivity (Wildman–Crippen MR) is 144 cm³/mol. The van der Waals surface area contributed by atoms with E-state index in [0.29, 0.717) is 28.2 Å². The van der Waals surface area contributed by atoms with Gasteiger partial charge in [0.25, 0.3) is 5.91 Å². The lowest BCUT2D eigenvalue weighted by Crippen LogP contribution is -2.34. The van der Waals surface area contributed by atoms with Crippen molar-refractivity contribution in [3.63, 3.8) is 0 Å². The van der Waals surface area contributed by atoms with E-state index in [1.165, 1.54) is 0 Å². The quantitative estimate of drug-likeness (QED) is 0.243. The van der Waals surface area contributed by atoms with Gasteiger partial charge in [-0.1, -0.05) is 57.9 Å². The molecule has 0 saturated carbocycles. The van der Waals surface area contributed by atoms with Gasteiger partial charge in [0.05, 0.1) is 0 Å². The normalized spacial score (nSPS) is 11.0. The summed E-state index contributed by atoms with van der Waals surface area (Å²) >= 11 is 8.97. The smallest absolute Gasteiger partial charge is 0.257 e. The number of amides is 1. The van der Waals surface area contributed by atoms with E-state index in [-0.39, 0.29) is 11.0 Å². The number of thiocarbonyl (C=S) groups is 1. The van der Waals surface area contributed by atoms with Crippen molar-refractivity contribution in [2.45, 2.75) is 13.8 Å². The van der Waals surface area contributed by atoms with E-state index in [1.807, 2.05) is 74.5 Å². The second kappa shape index (κ2) is 9.00. The third-order valence-corrected chi connectivity index (χ3v) is 6.49. The number of carbonyl (C=O) groups excluding carboxylic acids is 1. The topological polar surface area (TPSA) is 67.2 Å². The van der Waals surface area contributed by atoms with Crippen LogP contribution in [0.1, 0.15) is 21.5 Å². The van der Waals surface area contributed by atoms with Crippen LogP contribution >= 0.6 is 28.1 Å². The summed E-state index contributed by atoms with van der Waals surface area (Å²) in [5, 5.41) is 8.17. The second-order valence-electron chi connectivity index (χ2n) is 8.07. The molecule has 0 radical (unpaired) electrons. The minimum Gasteiger partial charge on any atom is -0.436 e. The Kier molecular flexibility index (Phi) is 5.89. The SMILES string of the molecule is Cc1ccc(C(=O)NC(=S)Nc2ccc3oc(-c4cccc5c(Br)cccc45)nc3c2)c(C)c1. The number of halogens is 1. The Hall–Kier alpha value is -3.55. The molecule has 1 aromatic heterocycles. The van der Waals surface area contributed by atoms with Gasteiger partial charge in [0.15, 0.2) is 10.7 Å². The highest BCUT2D eigenvalue weighted by Crippen LogP contribution is 2.34. The number of anilines is 1. The number of aromatic nitrogens is 1. The lowest BCUT2D eigenvalue weighted by atomic mass is 10.0. The molecule has 2 N–H and O–H groups in total. The van der Waals surface area contributed by atoms with Crippen LogP contribution < -0.4 is 10.6 Å². The number of nitrogens with zero attached hydrogens (tertiary/aromatic N) is 1. The molecule has 1 amide bonds. The van der Waals surface area contributed by atoms with E-state index in [1.54, 1.807) is 6.07 Å². The van der Waals surface area contributed by atoms with Gasteiger partial charge < -0.3 is 9.73 Å². The molecule has 0 aliphatic rings. The van der Waals surface area contributed by atoms with Crippen LogP contribution in [-0.2, 0) is 0 Å². The first-order valence-electron chi connectivity index (χ1n) is 10.7. The first-order valence-corrected chi connectivity index (χ1v) is 11.9. The third-order valence-electron chi connectivity index (χ3n) is 5.60. The Bertz CT molecular complexity index is 1590. The molecule has 0 aliphatic heterocycles. The maximum atomic E-state index is 12.6. The Balaban J connectivity index is 1.38. The molecule has 0 unspecified atom stereocenters. The Morgan fingerprint density at radius 3 is 2.59 bits per heavy atom. The molecule has 4 aromatic carbocycles. The summed E-state index contributed by atoms with van der Waals surface area (Å²) in [6.07, 6.45) is 0. The van der Waals surface area contributed by atoms with Crippen LogP contribution in [0.4, 0.5) is 5.69 Å². The summed E-state index contributed by atoms with van der Waals surface area (Å²) in [6, 6.07) is 23.3. The van der Waals surface area contributed by atoms with Crippen molar-refractivity contribution in [1.29, 1.82) is 0 Å². The molecular formula is C27H20BrN3O2S. The van der Waals surface area contributed by atoms with Gasteiger partial charge in [-0.2, -0.15) is 0 Å². The Labute approximate surface area is 210 Å². The largest absolute Gasteiger partial charge is 0.436 e. The summed E-state index contributed by atoms with van der Waals surface area (Å²) in [7, 11) is 0. The van der Waals surface area contributed by atoms with Crippen LogP contribution in [0.3, 0.4) is 0 Å². The van der Waals surface area contributed by atoms with Crippen molar-refractivity contribution in [1.82, 2.24) is 10.3 Å². The lowest BCUT2D eigenvalue weighted by Gasteiger charge is -2.11. The van der Waals surface area contributed by atoms with E-state index < -0.39 is 0 Å². The van der Waals surface area contributed by atoms with Crippen LogP contribution in [0.2, 0.25) is 0 Å². The molecule has 0 saturated heterocycles. The van der Waals surface area contributed by atoms with Gasteiger partial charge in [0, 0.05) is 21.3 Å². The molecule has 1 heterocycles. The summed E-state index contributed by atoms with van der Waals surface area (Å²) in [5.74, 6) is 0.295. The second-order valence-corrected chi connectivity index (χ2v) is 9.33. The number of oxazole rings is 1. The fourth-order valence-electron chi connectivity index (χ4n) is 3.98. The molecule has 168 valence electrons. The summed E-state index contributed by atoms with van der Waals surface area (Å²) in [5.41, 5.74) is 5.57. The molecule has 0 atom stereocenters. The zero-order valence-corrected chi connectivity index (χ0v) is 20.9. The first-order chi connectivity index (χ1) is 16.4. The molecule has 0 spiro atoms. The molecule has 0 fully saturated rings. The number of rotatable bonds is 3. The van der Waals surface area contributed by atoms with E-state index in [9.17, 15) is 4.79 Å². The zero-order valence-electron chi connectivity index (χ0n) is 18.5. The van der Waals surface area contributed by atoms with Crippen molar-refractivity contribution in [2.24, 2.45) is 0 Å². The van der Waals surface area contributed by atoms with E-state index in [2.05, 4.69) is 32.6 Å². The van der Waals surface area contributed by atoms with Crippen molar-refractivity contribution < 1.29 is 9.21 Å². The highest BCUT2D eigenvalue weighted by molar-refractivity contribution is 9.10. The van der Waals surface area contributed by atoms with Gasteiger partial charge >= 0.3 is 0 Å². The van der Waals surface area contributed by atoms with Crippen LogP contribution in [0.25, 0.3) is 33.3 Å². The fraction of sp³-hybridized carbons (Fsp3) is 0.0741. The summed E-state index contributed by atoms with van der Waals surface area (Å²) in [4.78, 5) is 17.3. The lowest BCUT2D eigenvalue weighted by molar-refractivity contribution is 0.0977. The van der Waals surface area contributed by atoms with Gasteiger partial charge in [-0.25, -0.2) is 4.98 Å². The highest BCUT2D eigenvalue weighted by atomic mass is 79.9. The molecule has 5 nitrogen and oxygen atoms in total. The van der Waals surface area contributed by atoms with Crippen molar-refractivity contribution in [3.8, 4) is 11.5 Å². The number of hydrogen-bond acceptors (Lipinski definition) is 4. The number of benzene rings is 4. The number of hydrogen-bond donors (Lipinski definition) is 2. The maximum Gasteiger partial charge on any atom is 0.257 e. The molecule has 0 aliphatic carbocycles. The average molecular weight is 530 g/mol. The summed E-state index contributed by atoms with van der Waals surface area (Å²) in [6.45, 7) is 3.90. The highest BCUT2D eigenvalue weighted by Gasteiger charge is 2.14. The van der Waals surface area contributed by atoms with Crippen molar-refractivity contribution in [3.05, 3.63) is 94.0 Å². The Morgan fingerprint density at radius 1 is 0.971 bits per heavy atom. The van der Waals surface area contributed by atoms with Crippen LogP contribution in [0.15, 0.2) is 81.7 Å². The van der Waals surface area contributed by atoms with E-state index in [4.69, 9.17) is 21.6 Å². The minimum absolute atomic E-state index is 0.215. The fourth-order valence-corrected chi connectivity index (χ4v) is 4.69. The number of nitrogens with one attached hydrogen (secondary N) is 2. The van der Waals surface area contributed by atoms with E-state index >= 15 is 0 Å². The van der Waals surface area contributed by atoms with Crippen LogP contribution in [0.5, 0.6) is 0 Å². The van der Waals surface area contributed by atoms with Crippen molar-refractivity contribution >= 4 is 66.7 Å².